The van der Waals surface area contributed by atoms with E-state index >= 15 is 0 Å². The first-order valence-corrected chi connectivity index (χ1v) is 10.8. The maximum atomic E-state index is 13.2. The van der Waals surface area contributed by atoms with Gasteiger partial charge in [0.1, 0.15) is 17.0 Å². The van der Waals surface area contributed by atoms with Crippen molar-refractivity contribution in [2.75, 3.05) is 31.1 Å². The molecular formula is C22H21ClF3N5O2. The molecule has 3 aromatic heterocycles. The standard InChI is InChI=1S/C22H21ClF3N5O2/c1-3-29-12-16(18(32)15-5-4-13(2)28-19(15)29)21(33)31-8-6-30(7-9-31)20-17(23)10-14(11-27-20)22(24,25)26/h4-5,10-12H,3,6-9H2,1-2H3. The number of pyridine rings is 3. The van der Waals surface area contributed by atoms with E-state index in [9.17, 15) is 22.8 Å². The molecule has 1 amide bonds. The lowest BCUT2D eigenvalue weighted by Crippen LogP contribution is -2.50. The van der Waals surface area contributed by atoms with E-state index in [-0.39, 0.29) is 34.9 Å². The van der Waals surface area contributed by atoms with Crippen molar-refractivity contribution in [1.82, 2.24) is 19.4 Å². The van der Waals surface area contributed by atoms with Gasteiger partial charge in [-0.3, -0.25) is 9.59 Å². The van der Waals surface area contributed by atoms with Crippen LogP contribution in [0.15, 0.2) is 35.4 Å². The molecule has 4 heterocycles. The zero-order valence-electron chi connectivity index (χ0n) is 18.0. The van der Waals surface area contributed by atoms with Crippen LogP contribution >= 0.6 is 11.6 Å². The highest BCUT2D eigenvalue weighted by Gasteiger charge is 2.33. The van der Waals surface area contributed by atoms with Gasteiger partial charge in [0.25, 0.3) is 5.91 Å². The number of amides is 1. The lowest BCUT2D eigenvalue weighted by Gasteiger charge is -2.35. The largest absolute Gasteiger partial charge is 0.417 e. The van der Waals surface area contributed by atoms with Gasteiger partial charge in [0.05, 0.1) is 16.0 Å². The van der Waals surface area contributed by atoms with E-state index in [1.54, 1.807) is 32.7 Å². The summed E-state index contributed by atoms with van der Waals surface area (Å²) in [6.45, 7) is 5.46. The number of rotatable bonds is 3. The number of anilines is 1. The smallest absolute Gasteiger partial charge is 0.352 e. The second kappa shape index (κ2) is 8.66. The van der Waals surface area contributed by atoms with E-state index in [1.165, 1.54) is 0 Å². The van der Waals surface area contributed by atoms with Gasteiger partial charge in [0.2, 0.25) is 5.43 Å². The first-order valence-electron chi connectivity index (χ1n) is 10.4. The Bertz CT molecular complexity index is 1280. The van der Waals surface area contributed by atoms with Crippen LogP contribution in [0.3, 0.4) is 0 Å². The van der Waals surface area contributed by atoms with E-state index < -0.39 is 17.6 Å². The topological polar surface area (TPSA) is 71.3 Å². The van der Waals surface area contributed by atoms with Crippen molar-refractivity contribution >= 4 is 34.4 Å². The SMILES string of the molecule is CCn1cc(C(=O)N2CCN(c3ncc(C(F)(F)F)cc3Cl)CC2)c(=O)c2ccc(C)nc21. The number of halogens is 4. The normalized spacial score (nSPS) is 14.7. The molecule has 33 heavy (non-hydrogen) atoms. The molecule has 1 aliphatic rings. The lowest BCUT2D eigenvalue weighted by molar-refractivity contribution is -0.137. The predicted molar refractivity (Wildman–Crippen MR) is 119 cm³/mol. The average Bonchev–Trinajstić information content (AvgIpc) is 2.78. The number of nitrogens with zero attached hydrogens (tertiary/aromatic N) is 5. The molecule has 1 fully saturated rings. The highest BCUT2D eigenvalue weighted by molar-refractivity contribution is 6.33. The summed E-state index contributed by atoms with van der Waals surface area (Å²) in [5.41, 5.74) is 0.0798. The van der Waals surface area contributed by atoms with Crippen LogP contribution < -0.4 is 10.3 Å². The predicted octanol–water partition coefficient (Wildman–Crippen LogP) is 3.75. The summed E-state index contributed by atoms with van der Waals surface area (Å²) in [5, 5.41) is 0.278. The van der Waals surface area contributed by atoms with Gasteiger partial charge < -0.3 is 14.4 Å². The summed E-state index contributed by atoms with van der Waals surface area (Å²) < 4.78 is 40.4. The van der Waals surface area contributed by atoms with Crippen LogP contribution in [0, 0.1) is 6.92 Å². The van der Waals surface area contributed by atoms with Crippen LogP contribution in [0.2, 0.25) is 5.02 Å². The minimum absolute atomic E-state index is 0.0640. The van der Waals surface area contributed by atoms with E-state index in [4.69, 9.17) is 11.6 Å². The zero-order valence-corrected chi connectivity index (χ0v) is 18.7. The Labute approximate surface area is 192 Å². The molecule has 7 nitrogen and oxygen atoms in total. The van der Waals surface area contributed by atoms with Crippen molar-refractivity contribution in [3.05, 3.63) is 62.7 Å². The van der Waals surface area contributed by atoms with Crippen LogP contribution in [0.25, 0.3) is 11.0 Å². The third-order valence-electron chi connectivity index (χ3n) is 5.65. The quantitative estimate of drug-likeness (QED) is 0.572. The number of piperazine rings is 1. The number of hydrogen-bond donors (Lipinski definition) is 0. The first kappa shape index (κ1) is 23.0. The van der Waals surface area contributed by atoms with Gasteiger partial charge in [-0.2, -0.15) is 13.2 Å². The monoisotopic (exact) mass is 479 g/mol. The number of hydrogen-bond acceptors (Lipinski definition) is 5. The molecule has 0 radical (unpaired) electrons. The van der Waals surface area contributed by atoms with Gasteiger partial charge >= 0.3 is 6.18 Å². The minimum Gasteiger partial charge on any atom is -0.352 e. The average molecular weight is 480 g/mol. The molecule has 1 aliphatic heterocycles. The second-order valence-corrected chi connectivity index (χ2v) is 8.20. The van der Waals surface area contributed by atoms with Gasteiger partial charge in [0, 0.05) is 50.8 Å². The van der Waals surface area contributed by atoms with Crippen molar-refractivity contribution in [2.24, 2.45) is 0 Å². The van der Waals surface area contributed by atoms with Crippen LogP contribution in [-0.4, -0.2) is 51.5 Å². The van der Waals surface area contributed by atoms with Crippen molar-refractivity contribution in [3.63, 3.8) is 0 Å². The molecular weight excluding hydrogens is 459 g/mol. The van der Waals surface area contributed by atoms with Crippen LogP contribution in [0.4, 0.5) is 19.0 Å². The zero-order chi connectivity index (χ0) is 23.9. The molecule has 11 heteroatoms. The maximum absolute atomic E-state index is 13.2. The van der Waals surface area contributed by atoms with E-state index in [1.807, 2.05) is 13.8 Å². The molecule has 0 aliphatic carbocycles. The Morgan fingerprint density at radius 1 is 1.18 bits per heavy atom. The fourth-order valence-corrected chi connectivity index (χ4v) is 4.15. The molecule has 0 atom stereocenters. The Morgan fingerprint density at radius 3 is 2.48 bits per heavy atom. The van der Waals surface area contributed by atoms with Gasteiger partial charge in [-0.25, -0.2) is 9.97 Å². The molecule has 0 aromatic carbocycles. The summed E-state index contributed by atoms with van der Waals surface area (Å²) in [4.78, 5) is 37.8. The fraction of sp³-hybridized carbons (Fsp3) is 0.364. The van der Waals surface area contributed by atoms with Crippen LogP contribution in [0.1, 0.15) is 28.5 Å². The Balaban J connectivity index is 1.55. The van der Waals surface area contributed by atoms with Crippen LogP contribution in [-0.2, 0) is 12.7 Å². The molecule has 174 valence electrons. The number of aromatic nitrogens is 3. The van der Waals surface area contributed by atoms with Crippen molar-refractivity contribution in [2.45, 2.75) is 26.6 Å². The van der Waals surface area contributed by atoms with Crippen molar-refractivity contribution in [3.8, 4) is 0 Å². The van der Waals surface area contributed by atoms with Crippen molar-refractivity contribution < 1.29 is 18.0 Å². The van der Waals surface area contributed by atoms with Gasteiger partial charge in [-0.15, -0.1) is 0 Å². The first-order chi connectivity index (χ1) is 15.6. The second-order valence-electron chi connectivity index (χ2n) is 7.79. The number of aryl methyl sites for hydroxylation is 2. The highest BCUT2D eigenvalue weighted by Crippen LogP contribution is 2.33. The third-order valence-corrected chi connectivity index (χ3v) is 5.93. The summed E-state index contributed by atoms with van der Waals surface area (Å²) in [6, 6.07) is 4.26. The molecule has 0 spiro atoms. The molecule has 3 aromatic rings. The Hall–Kier alpha value is -3.14. The third kappa shape index (κ3) is 4.39. The number of carbonyl (C=O) groups is 1. The molecule has 0 saturated carbocycles. The van der Waals surface area contributed by atoms with Gasteiger partial charge in [-0.1, -0.05) is 11.6 Å². The van der Waals surface area contributed by atoms with E-state index in [0.29, 0.717) is 30.7 Å². The molecule has 1 saturated heterocycles. The van der Waals surface area contributed by atoms with Gasteiger partial charge in [0.15, 0.2) is 0 Å². The summed E-state index contributed by atoms with van der Waals surface area (Å²) in [7, 11) is 0. The van der Waals surface area contributed by atoms with Gasteiger partial charge in [-0.05, 0) is 32.0 Å². The molecule has 0 N–H and O–H groups in total. The molecule has 4 rings (SSSR count). The number of fused-ring (bicyclic) bond motifs is 1. The van der Waals surface area contributed by atoms with E-state index in [2.05, 4.69) is 9.97 Å². The minimum atomic E-state index is -4.53. The lowest BCUT2D eigenvalue weighted by atomic mass is 10.1. The molecule has 0 unspecified atom stereocenters. The maximum Gasteiger partial charge on any atom is 0.417 e. The Morgan fingerprint density at radius 2 is 1.88 bits per heavy atom. The van der Waals surface area contributed by atoms with Crippen molar-refractivity contribution in [1.29, 1.82) is 0 Å². The summed E-state index contributed by atoms with van der Waals surface area (Å²) in [6.07, 6.45) is -2.24. The van der Waals surface area contributed by atoms with E-state index in [0.717, 1.165) is 18.0 Å². The highest BCUT2D eigenvalue weighted by atomic mass is 35.5. The number of alkyl halides is 3. The molecule has 0 bridgehead atoms. The fourth-order valence-electron chi connectivity index (χ4n) is 3.86. The van der Waals surface area contributed by atoms with Crippen LogP contribution in [0.5, 0.6) is 0 Å². The summed E-state index contributed by atoms with van der Waals surface area (Å²) in [5.74, 6) is -0.159. The summed E-state index contributed by atoms with van der Waals surface area (Å²) >= 11 is 6.05. The number of carbonyl (C=O) groups excluding carboxylic acids is 1. The Kier molecular flexibility index (Phi) is 6.04.